The first-order valence-corrected chi connectivity index (χ1v) is 6.48. The smallest absolute Gasteiger partial charge is 0.250 e. The number of hydrogen-bond donors (Lipinski definition) is 2. The van der Waals surface area contributed by atoms with E-state index in [2.05, 4.69) is 0 Å². The Hall–Kier alpha value is -2.14. The Labute approximate surface area is 117 Å². The molecule has 2 rings (SSSR count). The van der Waals surface area contributed by atoms with Crippen LogP contribution in [0.15, 0.2) is 35.9 Å². The van der Waals surface area contributed by atoms with Gasteiger partial charge in [0.15, 0.2) is 0 Å². The Morgan fingerprint density at radius 3 is 2.90 bits per heavy atom. The molecular formula is C15H18N2O3. The minimum Gasteiger partial charge on any atom is -0.383 e. The number of nitrogens with zero attached hydrogens (tertiary/aromatic N) is 1. The third-order valence-electron chi connectivity index (χ3n) is 3.32. The first kappa shape index (κ1) is 14.3. The molecule has 0 aliphatic carbocycles. The standard InChI is InChI=1S/C15H18N2O3/c1-10-3-2-4-11(7-10)9-17-6-5-12(15(17)20)8-13(18)14(16)19/h2-5,7,13,18H,6,8-9H2,1H3,(H2,16,19). The highest BCUT2D eigenvalue weighted by Crippen LogP contribution is 2.19. The molecule has 106 valence electrons. The summed E-state index contributed by atoms with van der Waals surface area (Å²) in [5, 5.41) is 9.43. The van der Waals surface area contributed by atoms with Crippen molar-refractivity contribution in [2.45, 2.75) is 26.0 Å². The van der Waals surface area contributed by atoms with E-state index in [4.69, 9.17) is 5.73 Å². The van der Waals surface area contributed by atoms with Gasteiger partial charge < -0.3 is 15.7 Å². The van der Waals surface area contributed by atoms with Crippen molar-refractivity contribution in [3.8, 4) is 0 Å². The van der Waals surface area contributed by atoms with Crippen LogP contribution in [0.3, 0.4) is 0 Å². The van der Waals surface area contributed by atoms with Crippen LogP contribution in [0.1, 0.15) is 17.5 Å². The van der Waals surface area contributed by atoms with Crippen molar-refractivity contribution >= 4 is 11.8 Å². The molecule has 0 bridgehead atoms. The second-order valence-corrected chi connectivity index (χ2v) is 5.03. The van der Waals surface area contributed by atoms with Gasteiger partial charge in [0.25, 0.3) is 0 Å². The maximum Gasteiger partial charge on any atom is 0.250 e. The van der Waals surface area contributed by atoms with Crippen LogP contribution < -0.4 is 5.73 Å². The molecule has 1 heterocycles. The Bertz CT molecular complexity index is 566. The number of hydrogen-bond acceptors (Lipinski definition) is 3. The highest BCUT2D eigenvalue weighted by molar-refractivity contribution is 5.96. The molecule has 0 fully saturated rings. The number of carbonyl (C=O) groups is 2. The molecule has 0 radical (unpaired) electrons. The highest BCUT2D eigenvalue weighted by Gasteiger charge is 2.26. The van der Waals surface area contributed by atoms with Crippen LogP contribution in [-0.2, 0) is 16.1 Å². The summed E-state index contributed by atoms with van der Waals surface area (Å²) in [7, 11) is 0. The van der Waals surface area contributed by atoms with Gasteiger partial charge in [0.05, 0.1) is 0 Å². The van der Waals surface area contributed by atoms with E-state index in [1.54, 1.807) is 11.0 Å². The zero-order valence-electron chi connectivity index (χ0n) is 11.4. The van der Waals surface area contributed by atoms with E-state index in [9.17, 15) is 14.7 Å². The molecule has 0 spiro atoms. The van der Waals surface area contributed by atoms with Crippen LogP contribution in [0.5, 0.6) is 0 Å². The van der Waals surface area contributed by atoms with Gasteiger partial charge in [-0.05, 0) is 12.5 Å². The summed E-state index contributed by atoms with van der Waals surface area (Å²) in [5.41, 5.74) is 7.65. The third kappa shape index (κ3) is 3.24. The molecule has 1 aromatic carbocycles. The fourth-order valence-corrected chi connectivity index (χ4v) is 2.24. The normalized spacial score (nSPS) is 16.2. The van der Waals surface area contributed by atoms with Crippen LogP contribution in [0.2, 0.25) is 0 Å². The quantitative estimate of drug-likeness (QED) is 0.820. The van der Waals surface area contributed by atoms with Gasteiger partial charge in [-0.15, -0.1) is 0 Å². The molecule has 2 amide bonds. The number of rotatable bonds is 5. The van der Waals surface area contributed by atoms with Gasteiger partial charge in [-0.1, -0.05) is 35.9 Å². The van der Waals surface area contributed by atoms with Crippen LogP contribution in [0.25, 0.3) is 0 Å². The number of primary amides is 1. The van der Waals surface area contributed by atoms with Crippen LogP contribution in [0.4, 0.5) is 0 Å². The second-order valence-electron chi connectivity index (χ2n) is 5.03. The predicted molar refractivity (Wildman–Crippen MR) is 74.5 cm³/mol. The average Bonchev–Trinajstić information content (AvgIpc) is 2.71. The van der Waals surface area contributed by atoms with Crippen LogP contribution in [0, 0.1) is 6.92 Å². The largest absolute Gasteiger partial charge is 0.383 e. The molecule has 5 nitrogen and oxygen atoms in total. The molecule has 5 heteroatoms. The number of nitrogens with two attached hydrogens (primary N) is 1. The number of aryl methyl sites for hydroxylation is 1. The lowest BCUT2D eigenvalue weighted by Crippen LogP contribution is -2.31. The molecule has 1 unspecified atom stereocenters. The van der Waals surface area contributed by atoms with Gasteiger partial charge in [0, 0.05) is 25.1 Å². The van der Waals surface area contributed by atoms with Crippen molar-refractivity contribution in [3.05, 3.63) is 47.0 Å². The summed E-state index contributed by atoms with van der Waals surface area (Å²) >= 11 is 0. The van der Waals surface area contributed by atoms with Crippen molar-refractivity contribution in [1.29, 1.82) is 0 Å². The summed E-state index contributed by atoms with van der Waals surface area (Å²) in [4.78, 5) is 24.6. The zero-order valence-corrected chi connectivity index (χ0v) is 11.4. The summed E-state index contributed by atoms with van der Waals surface area (Å²) in [6.45, 7) is 3.02. The Kier molecular flexibility index (Phi) is 4.20. The SMILES string of the molecule is Cc1cccc(CN2CC=C(CC(O)C(N)=O)C2=O)c1. The predicted octanol–water partition coefficient (Wildman–Crippen LogP) is 0.500. The molecule has 3 N–H and O–H groups in total. The number of benzene rings is 1. The van der Waals surface area contributed by atoms with Gasteiger partial charge >= 0.3 is 0 Å². The van der Waals surface area contributed by atoms with Gasteiger partial charge in [0.1, 0.15) is 6.10 Å². The summed E-state index contributed by atoms with van der Waals surface area (Å²) in [6.07, 6.45) is 0.423. The van der Waals surface area contributed by atoms with Gasteiger partial charge in [-0.3, -0.25) is 9.59 Å². The van der Waals surface area contributed by atoms with E-state index in [1.807, 2.05) is 31.2 Å². The van der Waals surface area contributed by atoms with Gasteiger partial charge in [-0.25, -0.2) is 0 Å². The maximum atomic E-state index is 12.1. The molecular weight excluding hydrogens is 256 g/mol. The van der Waals surface area contributed by atoms with Crippen molar-refractivity contribution in [2.75, 3.05) is 6.54 Å². The Balaban J connectivity index is 1.98. The second kappa shape index (κ2) is 5.88. The minimum atomic E-state index is -1.30. The molecule has 1 aromatic rings. The lowest BCUT2D eigenvalue weighted by molar-refractivity contribution is -0.127. The van der Waals surface area contributed by atoms with E-state index < -0.39 is 12.0 Å². The van der Waals surface area contributed by atoms with E-state index in [1.165, 1.54) is 0 Å². The third-order valence-corrected chi connectivity index (χ3v) is 3.32. The van der Waals surface area contributed by atoms with E-state index >= 15 is 0 Å². The van der Waals surface area contributed by atoms with Gasteiger partial charge in [0.2, 0.25) is 11.8 Å². The van der Waals surface area contributed by atoms with Crippen molar-refractivity contribution < 1.29 is 14.7 Å². The topological polar surface area (TPSA) is 83.6 Å². The zero-order chi connectivity index (χ0) is 14.7. The average molecular weight is 274 g/mol. The van der Waals surface area contributed by atoms with E-state index in [-0.39, 0.29) is 12.3 Å². The molecule has 20 heavy (non-hydrogen) atoms. The number of aliphatic hydroxyl groups excluding tert-OH is 1. The Morgan fingerprint density at radius 2 is 2.25 bits per heavy atom. The lowest BCUT2D eigenvalue weighted by Gasteiger charge is -2.17. The van der Waals surface area contributed by atoms with Crippen molar-refractivity contribution in [2.24, 2.45) is 5.73 Å². The van der Waals surface area contributed by atoms with Crippen LogP contribution >= 0.6 is 0 Å². The fraction of sp³-hybridized carbons (Fsp3) is 0.333. The number of aliphatic hydroxyl groups is 1. The number of amides is 2. The summed E-state index contributed by atoms with van der Waals surface area (Å²) < 4.78 is 0. The highest BCUT2D eigenvalue weighted by atomic mass is 16.3. The van der Waals surface area contributed by atoms with Crippen molar-refractivity contribution in [3.63, 3.8) is 0 Å². The van der Waals surface area contributed by atoms with Gasteiger partial charge in [-0.2, -0.15) is 0 Å². The molecule has 1 aliphatic rings. The number of carbonyl (C=O) groups excluding carboxylic acids is 2. The van der Waals surface area contributed by atoms with Crippen molar-refractivity contribution in [1.82, 2.24) is 4.90 Å². The molecule has 0 saturated carbocycles. The fourth-order valence-electron chi connectivity index (χ4n) is 2.24. The molecule has 1 aliphatic heterocycles. The maximum absolute atomic E-state index is 12.1. The first-order chi connectivity index (χ1) is 9.47. The molecule has 0 aromatic heterocycles. The van der Waals surface area contributed by atoms with E-state index in [0.717, 1.165) is 11.1 Å². The van der Waals surface area contributed by atoms with Crippen LogP contribution in [-0.4, -0.2) is 34.5 Å². The molecule has 1 atom stereocenters. The summed E-state index contributed by atoms with van der Waals surface area (Å²) in [5.74, 6) is -0.956. The Morgan fingerprint density at radius 1 is 1.50 bits per heavy atom. The van der Waals surface area contributed by atoms with E-state index in [0.29, 0.717) is 18.7 Å². The summed E-state index contributed by atoms with van der Waals surface area (Å²) in [6, 6.07) is 7.96. The minimum absolute atomic E-state index is 0.0154. The monoisotopic (exact) mass is 274 g/mol. The lowest BCUT2D eigenvalue weighted by atomic mass is 10.1. The first-order valence-electron chi connectivity index (χ1n) is 6.48. The molecule has 0 saturated heterocycles.